The van der Waals surface area contributed by atoms with E-state index in [2.05, 4.69) is 20.7 Å². The highest BCUT2D eigenvalue weighted by molar-refractivity contribution is 9.10. The number of rotatable bonds is 5. The van der Waals surface area contributed by atoms with Gasteiger partial charge < -0.3 is 9.84 Å². The Balaban J connectivity index is 2.37. The second-order valence-corrected chi connectivity index (χ2v) is 4.45. The molecule has 0 saturated carbocycles. The smallest absolute Gasteiger partial charge is 0.305 e. The van der Waals surface area contributed by atoms with Crippen LogP contribution in [0, 0.1) is 0 Å². The van der Waals surface area contributed by atoms with Crippen molar-refractivity contribution in [2.45, 2.75) is 25.4 Å². The van der Waals surface area contributed by atoms with Crippen molar-refractivity contribution in [3.63, 3.8) is 0 Å². The quantitative estimate of drug-likeness (QED) is 0.847. The lowest BCUT2D eigenvalue weighted by molar-refractivity contribution is -0.140. The standard InChI is InChI=1S/C12H15BrO3/c1-16-12(15)4-2-3-11(14)9-5-7-10(13)8-6-9/h5-8,11,14H,2-4H2,1H3. The third kappa shape index (κ3) is 4.33. The summed E-state index contributed by atoms with van der Waals surface area (Å²) in [5.41, 5.74) is 0.869. The highest BCUT2D eigenvalue weighted by Crippen LogP contribution is 2.21. The molecule has 0 fully saturated rings. The van der Waals surface area contributed by atoms with Crippen LogP contribution < -0.4 is 0 Å². The van der Waals surface area contributed by atoms with Crippen molar-refractivity contribution in [2.24, 2.45) is 0 Å². The predicted molar refractivity (Wildman–Crippen MR) is 65.0 cm³/mol. The lowest BCUT2D eigenvalue weighted by Crippen LogP contribution is -2.02. The van der Waals surface area contributed by atoms with Gasteiger partial charge in [0.25, 0.3) is 0 Å². The number of aliphatic hydroxyl groups excluding tert-OH is 1. The molecule has 1 unspecified atom stereocenters. The molecule has 88 valence electrons. The lowest BCUT2D eigenvalue weighted by Gasteiger charge is -2.10. The number of halogens is 1. The predicted octanol–water partition coefficient (Wildman–Crippen LogP) is 2.83. The summed E-state index contributed by atoms with van der Waals surface area (Å²) >= 11 is 3.33. The molecule has 0 saturated heterocycles. The van der Waals surface area contributed by atoms with Gasteiger partial charge >= 0.3 is 5.97 Å². The summed E-state index contributed by atoms with van der Waals surface area (Å²) in [6.07, 6.45) is 1.03. The van der Waals surface area contributed by atoms with Crippen LogP contribution in [0.2, 0.25) is 0 Å². The summed E-state index contributed by atoms with van der Waals surface area (Å²) in [7, 11) is 1.37. The third-order valence-corrected chi connectivity index (χ3v) is 2.87. The number of ether oxygens (including phenoxy) is 1. The molecule has 1 aromatic rings. The van der Waals surface area contributed by atoms with E-state index < -0.39 is 6.10 Å². The van der Waals surface area contributed by atoms with Gasteiger partial charge in [-0.25, -0.2) is 0 Å². The van der Waals surface area contributed by atoms with Crippen LogP contribution in [-0.4, -0.2) is 18.2 Å². The number of hydrogen-bond donors (Lipinski definition) is 1. The van der Waals surface area contributed by atoms with Crippen molar-refractivity contribution in [1.82, 2.24) is 0 Å². The summed E-state index contributed by atoms with van der Waals surface area (Å²) in [6, 6.07) is 7.51. The Morgan fingerprint density at radius 1 is 1.44 bits per heavy atom. The Kier molecular flexibility index (Phi) is 5.49. The number of esters is 1. The van der Waals surface area contributed by atoms with Gasteiger partial charge in [-0.3, -0.25) is 4.79 Å². The van der Waals surface area contributed by atoms with Gasteiger partial charge in [0.05, 0.1) is 13.2 Å². The van der Waals surface area contributed by atoms with E-state index in [-0.39, 0.29) is 5.97 Å². The van der Waals surface area contributed by atoms with E-state index in [1.54, 1.807) is 0 Å². The molecule has 0 aliphatic carbocycles. The number of benzene rings is 1. The van der Waals surface area contributed by atoms with E-state index in [0.29, 0.717) is 19.3 Å². The maximum Gasteiger partial charge on any atom is 0.305 e. The summed E-state index contributed by atoms with van der Waals surface area (Å²) in [5.74, 6) is -0.233. The Hall–Kier alpha value is -0.870. The fourth-order valence-electron chi connectivity index (χ4n) is 1.39. The van der Waals surface area contributed by atoms with Crippen LogP contribution >= 0.6 is 15.9 Å². The molecule has 0 spiro atoms. The maximum absolute atomic E-state index is 10.9. The van der Waals surface area contributed by atoms with Gasteiger partial charge in [0.15, 0.2) is 0 Å². The minimum absolute atomic E-state index is 0.233. The topological polar surface area (TPSA) is 46.5 Å². The summed E-state index contributed by atoms with van der Waals surface area (Å²) < 4.78 is 5.51. The number of methoxy groups -OCH3 is 1. The minimum atomic E-state index is -0.516. The van der Waals surface area contributed by atoms with E-state index >= 15 is 0 Å². The number of carbonyl (C=O) groups is 1. The van der Waals surface area contributed by atoms with Gasteiger partial charge in [0.1, 0.15) is 0 Å². The first-order valence-corrected chi connectivity index (χ1v) is 5.93. The van der Waals surface area contributed by atoms with Gasteiger partial charge in [0.2, 0.25) is 0 Å². The number of aliphatic hydroxyl groups is 1. The van der Waals surface area contributed by atoms with Gasteiger partial charge in [0, 0.05) is 10.9 Å². The van der Waals surface area contributed by atoms with Crippen molar-refractivity contribution in [3.05, 3.63) is 34.3 Å². The average Bonchev–Trinajstić information content (AvgIpc) is 2.29. The van der Waals surface area contributed by atoms with Crippen molar-refractivity contribution < 1.29 is 14.6 Å². The monoisotopic (exact) mass is 286 g/mol. The molecule has 1 rings (SSSR count). The second-order valence-electron chi connectivity index (χ2n) is 3.54. The molecule has 0 bridgehead atoms. The highest BCUT2D eigenvalue weighted by Gasteiger charge is 2.08. The Morgan fingerprint density at radius 3 is 2.62 bits per heavy atom. The molecule has 0 amide bonds. The maximum atomic E-state index is 10.9. The van der Waals surface area contributed by atoms with Crippen LogP contribution in [0.15, 0.2) is 28.7 Å². The van der Waals surface area contributed by atoms with E-state index in [1.807, 2.05) is 24.3 Å². The van der Waals surface area contributed by atoms with Crippen molar-refractivity contribution in [2.75, 3.05) is 7.11 Å². The third-order valence-electron chi connectivity index (χ3n) is 2.34. The molecule has 1 N–H and O–H groups in total. The van der Waals surface area contributed by atoms with Crippen LogP contribution in [0.25, 0.3) is 0 Å². The van der Waals surface area contributed by atoms with E-state index in [1.165, 1.54) is 7.11 Å². The van der Waals surface area contributed by atoms with Crippen LogP contribution in [0.5, 0.6) is 0 Å². The summed E-state index contributed by atoms with van der Waals surface area (Å²) in [4.78, 5) is 10.9. The molecule has 16 heavy (non-hydrogen) atoms. The zero-order valence-electron chi connectivity index (χ0n) is 9.15. The van der Waals surface area contributed by atoms with Gasteiger partial charge in [-0.1, -0.05) is 28.1 Å². The number of hydrogen-bond acceptors (Lipinski definition) is 3. The van der Waals surface area contributed by atoms with Gasteiger partial charge in [-0.2, -0.15) is 0 Å². The van der Waals surface area contributed by atoms with Gasteiger partial charge in [-0.15, -0.1) is 0 Å². The molecular weight excluding hydrogens is 272 g/mol. The van der Waals surface area contributed by atoms with E-state index in [4.69, 9.17) is 0 Å². The van der Waals surface area contributed by atoms with Crippen LogP contribution in [0.3, 0.4) is 0 Å². The molecule has 0 aliphatic heterocycles. The Bertz CT molecular complexity index is 335. The first-order chi connectivity index (χ1) is 7.63. The summed E-state index contributed by atoms with van der Waals surface area (Å²) in [6.45, 7) is 0. The molecule has 0 aromatic heterocycles. The zero-order chi connectivity index (χ0) is 12.0. The minimum Gasteiger partial charge on any atom is -0.469 e. The fraction of sp³-hybridized carbons (Fsp3) is 0.417. The molecule has 3 nitrogen and oxygen atoms in total. The molecule has 1 aromatic carbocycles. The molecule has 0 aliphatic rings. The van der Waals surface area contributed by atoms with Crippen LogP contribution in [-0.2, 0) is 9.53 Å². The Labute approximate surface area is 104 Å². The van der Waals surface area contributed by atoms with Crippen LogP contribution in [0.4, 0.5) is 0 Å². The van der Waals surface area contributed by atoms with Crippen molar-refractivity contribution in [1.29, 1.82) is 0 Å². The first-order valence-electron chi connectivity index (χ1n) is 5.14. The lowest BCUT2D eigenvalue weighted by atomic mass is 10.0. The molecule has 1 atom stereocenters. The Morgan fingerprint density at radius 2 is 2.06 bits per heavy atom. The van der Waals surface area contributed by atoms with Gasteiger partial charge in [-0.05, 0) is 30.5 Å². The zero-order valence-corrected chi connectivity index (χ0v) is 10.7. The second kappa shape index (κ2) is 6.66. The van der Waals surface area contributed by atoms with E-state index in [9.17, 15) is 9.90 Å². The molecule has 4 heteroatoms. The largest absolute Gasteiger partial charge is 0.469 e. The first kappa shape index (κ1) is 13.2. The normalized spacial score (nSPS) is 12.2. The van der Waals surface area contributed by atoms with Crippen molar-refractivity contribution >= 4 is 21.9 Å². The molecule has 0 heterocycles. The SMILES string of the molecule is COC(=O)CCCC(O)c1ccc(Br)cc1. The van der Waals surface area contributed by atoms with Crippen molar-refractivity contribution in [3.8, 4) is 0 Å². The molecule has 0 radical (unpaired) electrons. The number of carbonyl (C=O) groups excluding carboxylic acids is 1. The van der Waals surface area contributed by atoms with E-state index in [0.717, 1.165) is 10.0 Å². The molecular formula is C12H15BrO3. The van der Waals surface area contributed by atoms with Crippen LogP contribution in [0.1, 0.15) is 30.9 Å². The highest BCUT2D eigenvalue weighted by atomic mass is 79.9. The fourth-order valence-corrected chi connectivity index (χ4v) is 1.66. The average molecular weight is 287 g/mol. The summed E-state index contributed by atoms with van der Waals surface area (Å²) in [5, 5.41) is 9.83.